The summed E-state index contributed by atoms with van der Waals surface area (Å²) in [5.74, 6) is 0.0205. The largest absolute Gasteiger partial charge is 0.497 e. The highest BCUT2D eigenvalue weighted by atomic mass is 16.5. The van der Waals surface area contributed by atoms with E-state index in [4.69, 9.17) is 9.84 Å². The maximum atomic E-state index is 12.7. The summed E-state index contributed by atoms with van der Waals surface area (Å²) in [4.78, 5) is 25.6. The van der Waals surface area contributed by atoms with Gasteiger partial charge in [-0.15, -0.1) is 0 Å². The van der Waals surface area contributed by atoms with Crippen LogP contribution in [0.4, 0.5) is 0 Å². The van der Waals surface area contributed by atoms with Crippen LogP contribution in [0.15, 0.2) is 48.5 Å². The van der Waals surface area contributed by atoms with Crippen LogP contribution < -0.4 is 4.74 Å². The lowest BCUT2D eigenvalue weighted by molar-refractivity contribution is -0.132. The van der Waals surface area contributed by atoms with Crippen LogP contribution in [0.25, 0.3) is 0 Å². The summed E-state index contributed by atoms with van der Waals surface area (Å²) in [6.07, 6.45) is 3.03. The van der Waals surface area contributed by atoms with Gasteiger partial charge in [0.15, 0.2) is 0 Å². The number of benzene rings is 2. The summed E-state index contributed by atoms with van der Waals surface area (Å²) < 4.78 is 5.20. The van der Waals surface area contributed by atoms with E-state index in [0.29, 0.717) is 12.8 Å². The van der Waals surface area contributed by atoms with Gasteiger partial charge in [-0.2, -0.15) is 0 Å². The number of amides is 1. The zero-order valence-corrected chi connectivity index (χ0v) is 14.9. The van der Waals surface area contributed by atoms with Crippen LogP contribution in [0.1, 0.15) is 46.8 Å². The number of methoxy groups -OCH3 is 1. The predicted molar refractivity (Wildman–Crippen MR) is 98.4 cm³/mol. The number of carbonyl (C=O) groups is 2. The molecular formula is C21H23NO4. The number of ether oxygens (including phenoxy) is 1. The van der Waals surface area contributed by atoms with E-state index in [1.165, 1.54) is 0 Å². The SMILES string of the molecule is COc1ccc(C2CCCN2C(=O)CCc2ccc(C(=O)O)cc2)cc1. The third-order valence-corrected chi connectivity index (χ3v) is 4.90. The molecule has 0 saturated carbocycles. The molecule has 1 fully saturated rings. The van der Waals surface area contributed by atoms with Gasteiger partial charge in [0, 0.05) is 13.0 Å². The van der Waals surface area contributed by atoms with Crippen molar-refractivity contribution in [3.8, 4) is 5.75 Å². The number of hydrogen-bond acceptors (Lipinski definition) is 3. The number of carboxylic acid groups (broad SMARTS) is 1. The lowest BCUT2D eigenvalue weighted by Gasteiger charge is -2.25. The molecule has 0 bridgehead atoms. The summed E-state index contributed by atoms with van der Waals surface area (Å²) in [6.45, 7) is 0.785. The minimum absolute atomic E-state index is 0.128. The Bertz CT molecular complexity index is 768. The molecule has 5 nitrogen and oxygen atoms in total. The first-order chi connectivity index (χ1) is 12.6. The highest BCUT2D eigenvalue weighted by Gasteiger charge is 2.29. The van der Waals surface area contributed by atoms with Crippen LogP contribution >= 0.6 is 0 Å². The molecule has 136 valence electrons. The first-order valence-electron chi connectivity index (χ1n) is 8.84. The molecule has 26 heavy (non-hydrogen) atoms. The van der Waals surface area contributed by atoms with Gasteiger partial charge in [0.05, 0.1) is 18.7 Å². The first kappa shape index (κ1) is 18.0. The van der Waals surface area contributed by atoms with Gasteiger partial charge in [-0.3, -0.25) is 4.79 Å². The molecule has 1 atom stereocenters. The quantitative estimate of drug-likeness (QED) is 0.860. The standard InChI is InChI=1S/C21H23NO4/c1-26-18-11-9-16(10-12-18)19-3-2-14-22(19)20(23)13-6-15-4-7-17(8-5-15)21(24)25/h4-5,7-12,19H,2-3,6,13-14H2,1H3,(H,24,25). The van der Waals surface area contributed by atoms with Crippen molar-refractivity contribution in [1.29, 1.82) is 0 Å². The number of carbonyl (C=O) groups excluding carboxylic acids is 1. The highest BCUT2D eigenvalue weighted by molar-refractivity contribution is 5.87. The smallest absolute Gasteiger partial charge is 0.335 e. The molecule has 2 aromatic carbocycles. The van der Waals surface area contributed by atoms with Gasteiger partial charge < -0.3 is 14.7 Å². The molecule has 0 radical (unpaired) electrons. The van der Waals surface area contributed by atoms with Crippen molar-refractivity contribution in [2.45, 2.75) is 31.7 Å². The number of carboxylic acids is 1. The molecule has 1 saturated heterocycles. The molecule has 1 N–H and O–H groups in total. The second-order valence-electron chi connectivity index (χ2n) is 6.52. The molecule has 0 spiro atoms. The van der Waals surface area contributed by atoms with E-state index in [1.54, 1.807) is 31.4 Å². The number of aromatic carboxylic acids is 1. The molecular weight excluding hydrogens is 330 g/mol. The van der Waals surface area contributed by atoms with E-state index in [1.807, 2.05) is 29.2 Å². The van der Waals surface area contributed by atoms with Crippen molar-refractivity contribution < 1.29 is 19.4 Å². The van der Waals surface area contributed by atoms with Crippen LogP contribution in [0, 0.1) is 0 Å². The molecule has 1 unspecified atom stereocenters. The van der Waals surface area contributed by atoms with Crippen LogP contribution in [0.2, 0.25) is 0 Å². The predicted octanol–water partition coefficient (Wildman–Crippen LogP) is 3.69. The topological polar surface area (TPSA) is 66.8 Å². The Kier molecular flexibility index (Phi) is 5.56. The minimum Gasteiger partial charge on any atom is -0.497 e. The lowest BCUT2D eigenvalue weighted by atomic mass is 10.0. The summed E-state index contributed by atoms with van der Waals surface area (Å²) >= 11 is 0. The molecule has 1 aliphatic rings. The Morgan fingerprint density at radius 3 is 2.42 bits per heavy atom. The van der Waals surface area contributed by atoms with Crippen molar-refractivity contribution in [2.24, 2.45) is 0 Å². The summed E-state index contributed by atoms with van der Waals surface area (Å²) in [6, 6.07) is 14.8. The van der Waals surface area contributed by atoms with E-state index in [0.717, 1.165) is 36.3 Å². The number of aryl methyl sites for hydroxylation is 1. The molecule has 0 aromatic heterocycles. The summed E-state index contributed by atoms with van der Waals surface area (Å²) in [7, 11) is 1.64. The first-order valence-corrected chi connectivity index (χ1v) is 8.84. The van der Waals surface area contributed by atoms with Gasteiger partial charge in [0.2, 0.25) is 5.91 Å². The molecule has 2 aromatic rings. The van der Waals surface area contributed by atoms with Gasteiger partial charge in [-0.1, -0.05) is 24.3 Å². The van der Waals surface area contributed by atoms with E-state index in [9.17, 15) is 9.59 Å². The molecule has 1 heterocycles. The Morgan fingerprint density at radius 1 is 1.12 bits per heavy atom. The van der Waals surface area contributed by atoms with Crippen LogP contribution in [-0.4, -0.2) is 35.5 Å². The van der Waals surface area contributed by atoms with Crippen LogP contribution in [0.5, 0.6) is 5.75 Å². The van der Waals surface area contributed by atoms with Gasteiger partial charge in [-0.25, -0.2) is 4.79 Å². The van der Waals surface area contributed by atoms with E-state index in [2.05, 4.69) is 0 Å². The molecule has 1 amide bonds. The number of likely N-dealkylation sites (tertiary alicyclic amines) is 1. The zero-order valence-electron chi connectivity index (χ0n) is 14.9. The Morgan fingerprint density at radius 2 is 1.81 bits per heavy atom. The van der Waals surface area contributed by atoms with Crippen molar-refractivity contribution in [3.63, 3.8) is 0 Å². The number of rotatable bonds is 6. The monoisotopic (exact) mass is 353 g/mol. The normalized spacial score (nSPS) is 16.5. The average molecular weight is 353 g/mol. The van der Waals surface area contributed by atoms with Crippen molar-refractivity contribution in [3.05, 3.63) is 65.2 Å². The van der Waals surface area contributed by atoms with Gasteiger partial charge in [0.1, 0.15) is 5.75 Å². The maximum absolute atomic E-state index is 12.7. The Labute approximate surface area is 153 Å². The minimum atomic E-state index is -0.938. The Hall–Kier alpha value is -2.82. The fraction of sp³-hybridized carbons (Fsp3) is 0.333. The van der Waals surface area contributed by atoms with Crippen molar-refractivity contribution >= 4 is 11.9 Å². The highest BCUT2D eigenvalue weighted by Crippen LogP contribution is 2.33. The molecule has 3 rings (SSSR count). The molecule has 0 aliphatic carbocycles. The Balaban J connectivity index is 1.61. The van der Waals surface area contributed by atoms with E-state index >= 15 is 0 Å². The average Bonchev–Trinajstić information content (AvgIpc) is 3.16. The second-order valence-corrected chi connectivity index (χ2v) is 6.52. The van der Waals surface area contributed by atoms with E-state index in [-0.39, 0.29) is 17.5 Å². The van der Waals surface area contributed by atoms with Crippen molar-refractivity contribution in [2.75, 3.05) is 13.7 Å². The number of hydrogen-bond donors (Lipinski definition) is 1. The van der Waals surface area contributed by atoms with Gasteiger partial charge in [0.25, 0.3) is 0 Å². The van der Waals surface area contributed by atoms with Gasteiger partial charge >= 0.3 is 5.97 Å². The summed E-state index contributed by atoms with van der Waals surface area (Å²) in [5, 5.41) is 8.94. The fourth-order valence-corrected chi connectivity index (χ4v) is 3.45. The number of nitrogens with zero attached hydrogens (tertiary/aromatic N) is 1. The van der Waals surface area contributed by atoms with Crippen molar-refractivity contribution in [1.82, 2.24) is 4.90 Å². The molecule has 1 aliphatic heterocycles. The molecule has 5 heteroatoms. The van der Waals surface area contributed by atoms with Crippen LogP contribution in [-0.2, 0) is 11.2 Å². The third kappa shape index (κ3) is 4.04. The second kappa shape index (κ2) is 8.04. The third-order valence-electron chi connectivity index (χ3n) is 4.90. The maximum Gasteiger partial charge on any atom is 0.335 e. The fourth-order valence-electron chi connectivity index (χ4n) is 3.45. The zero-order chi connectivity index (χ0) is 18.5. The lowest BCUT2D eigenvalue weighted by Crippen LogP contribution is -2.30. The van der Waals surface area contributed by atoms with Gasteiger partial charge in [-0.05, 0) is 54.7 Å². The van der Waals surface area contributed by atoms with E-state index < -0.39 is 5.97 Å². The van der Waals surface area contributed by atoms with Crippen LogP contribution in [0.3, 0.4) is 0 Å². The summed E-state index contributed by atoms with van der Waals surface area (Å²) in [5.41, 5.74) is 2.38.